The van der Waals surface area contributed by atoms with Crippen LogP contribution in [-0.2, 0) is 0 Å². The standard InChI is InChI=1S/C25H27F3O/c1-2-3-4-19-7-13-22(14-8-19)23-15-9-20(10-16-23)5-6-21-11-17-24(18-12-21)29-25(26,27)28/h9-12,15-19,22H,2-4,7-8,13-14H2,1H3/t19-,22-. The maximum absolute atomic E-state index is 12.2. The summed E-state index contributed by atoms with van der Waals surface area (Å²) in [7, 11) is 0. The van der Waals surface area contributed by atoms with Gasteiger partial charge in [-0.25, -0.2) is 0 Å². The minimum atomic E-state index is -4.68. The molecule has 3 rings (SSSR count). The third kappa shape index (κ3) is 6.85. The Morgan fingerprint density at radius 3 is 1.93 bits per heavy atom. The highest BCUT2D eigenvalue weighted by molar-refractivity contribution is 5.45. The van der Waals surface area contributed by atoms with Gasteiger partial charge in [0.1, 0.15) is 5.75 Å². The number of rotatable bonds is 5. The number of ether oxygens (including phenoxy) is 1. The molecule has 0 bridgehead atoms. The van der Waals surface area contributed by atoms with E-state index in [1.54, 1.807) is 0 Å². The Kier molecular flexibility index (Phi) is 7.25. The molecule has 0 radical (unpaired) electrons. The van der Waals surface area contributed by atoms with Crippen LogP contribution in [-0.4, -0.2) is 6.36 Å². The second-order valence-corrected chi connectivity index (χ2v) is 7.80. The topological polar surface area (TPSA) is 9.23 Å². The molecule has 0 aliphatic heterocycles. The fraction of sp³-hybridized carbons (Fsp3) is 0.440. The van der Waals surface area contributed by atoms with Crippen molar-refractivity contribution in [2.75, 3.05) is 0 Å². The van der Waals surface area contributed by atoms with Crippen LogP contribution in [0, 0.1) is 17.8 Å². The molecule has 2 aromatic rings. The number of hydrogen-bond donors (Lipinski definition) is 0. The van der Waals surface area contributed by atoms with Crippen LogP contribution < -0.4 is 4.74 Å². The summed E-state index contributed by atoms with van der Waals surface area (Å²) in [5.74, 6) is 7.38. The minimum Gasteiger partial charge on any atom is -0.406 e. The van der Waals surface area contributed by atoms with Crippen molar-refractivity contribution < 1.29 is 17.9 Å². The van der Waals surface area contributed by atoms with Crippen molar-refractivity contribution in [3.8, 4) is 17.6 Å². The van der Waals surface area contributed by atoms with Crippen LogP contribution in [0.25, 0.3) is 0 Å². The van der Waals surface area contributed by atoms with Gasteiger partial charge in [-0.2, -0.15) is 0 Å². The Morgan fingerprint density at radius 1 is 0.862 bits per heavy atom. The average Bonchev–Trinajstić information content (AvgIpc) is 2.71. The lowest BCUT2D eigenvalue weighted by molar-refractivity contribution is -0.274. The van der Waals surface area contributed by atoms with Crippen molar-refractivity contribution >= 4 is 0 Å². The predicted molar refractivity (Wildman–Crippen MR) is 110 cm³/mol. The lowest BCUT2D eigenvalue weighted by atomic mass is 9.77. The summed E-state index contributed by atoms with van der Waals surface area (Å²) in [6, 6.07) is 14.0. The van der Waals surface area contributed by atoms with Crippen molar-refractivity contribution in [2.45, 2.75) is 64.1 Å². The molecule has 0 saturated heterocycles. The highest BCUT2D eigenvalue weighted by Crippen LogP contribution is 2.37. The quantitative estimate of drug-likeness (QED) is 0.474. The van der Waals surface area contributed by atoms with Gasteiger partial charge in [-0.05, 0) is 79.5 Å². The summed E-state index contributed by atoms with van der Waals surface area (Å²) in [5.41, 5.74) is 2.94. The smallest absolute Gasteiger partial charge is 0.406 e. The van der Waals surface area contributed by atoms with Gasteiger partial charge in [-0.1, -0.05) is 50.2 Å². The maximum Gasteiger partial charge on any atom is 0.573 e. The molecule has 0 amide bonds. The van der Waals surface area contributed by atoms with E-state index in [9.17, 15) is 13.2 Å². The van der Waals surface area contributed by atoms with Crippen molar-refractivity contribution in [1.82, 2.24) is 0 Å². The molecule has 1 saturated carbocycles. The van der Waals surface area contributed by atoms with Gasteiger partial charge in [-0.3, -0.25) is 0 Å². The minimum absolute atomic E-state index is 0.239. The van der Waals surface area contributed by atoms with E-state index in [0.29, 0.717) is 11.5 Å². The van der Waals surface area contributed by atoms with Crippen LogP contribution in [0.1, 0.15) is 74.5 Å². The molecule has 1 aliphatic carbocycles. The fourth-order valence-corrected chi connectivity index (χ4v) is 4.00. The van der Waals surface area contributed by atoms with Crippen molar-refractivity contribution in [3.63, 3.8) is 0 Å². The lowest BCUT2D eigenvalue weighted by Crippen LogP contribution is -2.16. The molecular weight excluding hydrogens is 373 g/mol. The number of benzene rings is 2. The lowest BCUT2D eigenvalue weighted by Gasteiger charge is -2.28. The summed E-state index contributed by atoms with van der Waals surface area (Å²) in [6.07, 6.45) is 4.54. The van der Waals surface area contributed by atoms with Crippen LogP contribution in [0.4, 0.5) is 13.2 Å². The van der Waals surface area contributed by atoms with E-state index < -0.39 is 6.36 Å². The van der Waals surface area contributed by atoms with E-state index in [0.717, 1.165) is 11.5 Å². The molecule has 0 unspecified atom stereocenters. The molecule has 154 valence electrons. The molecule has 0 aromatic heterocycles. The Labute approximate surface area is 171 Å². The summed E-state index contributed by atoms with van der Waals surface area (Å²) in [6.45, 7) is 2.26. The number of halogens is 3. The van der Waals surface area contributed by atoms with Gasteiger partial charge in [0.05, 0.1) is 0 Å². The third-order valence-electron chi connectivity index (χ3n) is 5.63. The van der Waals surface area contributed by atoms with Gasteiger partial charge < -0.3 is 4.74 Å². The molecule has 29 heavy (non-hydrogen) atoms. The Bertz CT molecular complexity index is 818. The van der Waals surface area contributed by atoms with E-state index in [1.165, 1.54) is 74.8 Å². The van der Waals surface area contributed by atoms with Gasteiger partial charge in [0, 0.05) is 11.1 Å². The molecule has 0 atom stereocenters. The molecule has 0 N–H and O–H groups in total. The first-order valence-electron chi connectivity index (χ1n) is 10.4. The zero-order chi connectivity index (χ0) is 20.7. The van der Waals surface area contributed by atoms with Gasteiger partial charge in [0.15, 0.2) is 0 Å². The van der Waals surface area contributed by atoms with E-state index >= 15 is 0 Å². The monoisotopic (exact) mass is 400 g/mol. The van der Waals surface area contributed by atoms with E-state index in [-0.39, 0.29) is 5.75 Å². The first kappa shape index (κ1) is 21.3. The van der Waals surface area contributed by atoms with E-state index in [4.69, 9.17) is 0 Å². The molecular formula is C25H27F3O. The first-order valence-corrected chi connectivity index (χ1v) is 10.4. The Hall–Kier alpha value is -2.41. The first-order chi connectivity index (χ1) is 13.9. The highest BCUT2D eigenvalue weighted by atomic mass is 19.4. The molecule has 2 aromatic carbocycles. The fourth-order valence-electron chi connectivity index (χ4n) is 4.00. The van der Waals surface area contributed by atoms with Crippen LogP contribution in [0.5, 0.6) is 5.75 Å². The van der Waals surface area contributed by atoms with Crippen LogP contribution in [0.3, 0.4) is 0 Å². The molecule has 1 nitrogen and oxygen atoms in total. The van der Waals surface area contributed by atoms with Crippen LogP contribution in [0.15, 0.2) is 48.5 Å². The van der Waals surface area contributed by atoms with E-state index in [1.807, 2.05) is 12.1 Å². The zero-order valence-electron chi connectivity index (χ0n) is 16.8. The summed E-state index contributed by atoms with van der Waals surface area (Å²) in [4.78, 5) is 0. The molecule has 0 spiro atoms. The van der Waals surface area contributed by atoms with Crippen molar-refractivity contribution in [2.24, 2.45) is 5.92 Å². The number of unbranched alkanes of at least 4 members (excludes halogenated alkanes) is 1. The molecule has 0 heterocycles. The number of hydrogen-bond acceptors (Lipinski definition) is 1. The molecule has 1 fully saturated rings. The average molecular weight is 400 g/mol. The van der Waals surface area contributed by atoms with Gasteiger partial charge >= 0.3 is 6.36 Å². The SMILES string of the molecule is CCCC[C@H]1CC[C@H](c2ccc(C#Cc3ccc(OC(F)(F)F)cc3)cc2)CC1. The number of alkyl halides is 3. The third-order valence-corrected chi connectivity index (χ3v) is 5.63. The van der Waals surface area contributed by atoms with Crippen molar-refractivity contribution in [3.05, 3.63) is 65.2 Å². The van der Waals surface area contributed by atoms with Gasteiger partial charge in [0.2, 0.25) is 0 Å². The normalized spacial score (nSPS) is 19.3. The second kappa shape index (κ2) is 9.87. The maximum atomic E-state index is 12.2. The second-order valence-electron chi connectivity index (χ2n) is 7.80. The van der Waals surface area contributed by atoms with Crippen molar-refractivity contribution in [1.29, 1.82) is 0 Å². The summed E-state index contributed by atoms with van der Waals surface area (Å²) >= 11 is 0. The zero-order valence-corrected chi connectivity index (χ0v) is 16.8. The van der Waals surface area contributed by atoms with Gasteiger partial charge in [0.25, 0.3) is 0 Å². The summed E-state index contributed by atoms with van der Waals surface area (Å²) < 4.78 is 40.5. The van der Waals surface area contributed by atoms with Crippen LogP contribution in [0.2, 0.25) is 0 Å². The molecule has 1 aliphatic rings. The highest BCUT2D eigenvalue weighted by Gasteiger charge is 2.30. The largest absolute Gasteiger partial charge is 0.573 e. The summed E-state index contributed by atoms with van der Waals surface area (Å²) in [5, 5.41) is 0. The van der Waals surface area contributed by atoms with Crippen LogP contribution >= 0.6 is 0 Å². The predicted octanol–water partition coefficient (Wildman–Crippen LogP) is 7.45. The molecule has 4 heteroatoms. The Morgan fingerprint density at radius 2 is 1.41 bits per heavy atom. The van der Waals surface area contributed by atoms with Gasteiger partial charge in [-0.15, -0.1) is 13.2 Å². The Balaban J connectivity index is 1.55. The van der Waals surface area contributed by atoms with E-state index in [2.05, 4.69) is 35.6 Å².